The fraction of sp³-hybridized carbons (Fsp3) is 0.286. The van der Waals surface area contributed by atoms with Crippen LogP contribution in [-0.2, 0) is 4.79 Å². The lowest BCUT2D eigenvalue weighted by atomic mass is 9.96. The molecule has 1 atom stereocenters. The number of carbonyl (C=O) groups excluding carboxylic acids is 2. The number of rotatable bonds is 6. The van der Waals surface area contributed by atoms with E-state index in [1.54, 1.807) is 4.90 Å². The molecule has 35 heavy (non-hydrogen) atoms. The Kier molecular flexibility index (Phi) is 7.14. The van der Waals surface area contributed by atoms with Crippen LogP contribution < -0.4 is 14.4 Å². The van der Waals surface area contributed by atoms with E-state index in [0.717, 1.165) is 24.1 Å². The van der Waals surface area contributed by atoms with Crippen molar-refractivity contribution in [3.8, 4) is 11.5 Å². The zero-order valence-electron chi connectivity index (χ0n) is 19.5. The number of fused-ring (bicyclic) bond motifs is 1. The van der Waals surface area contributed by atoms with Crippen LogP contribution in [0.25, 0.3) is 6.08 Å². The van der Waals surface area contributed by atoms with E-state index >= 15 is 0 Å². The molecule has 2 amide bonds. The molecule has 2 aliphatic rings. The van der Waals surface area contributed by atoms with Gasteiger partial charge in [0.25, 0.3) is 5.91 Å². The van der Waals surface area contributed by atoms with Crippen molar-refractivity contribution in [3.63, 3.8) is 0 Å². The summed E-state index contributed by atoms with van der Waals surface area (Å²) in [6.45, 7) is 2.53. The van der Waals surface area contributed by atoms with Gasteiger partial charge in [-0.3, -0.25) is 9.59 Å². The number of benzene rings is 2. The molecule has 0 N–H and O–H groups in total. The topological polar surface area (TPSA) is 59.1 Å². The highest BCUT2D eigenvalue weighted by Gasteiger charge is 2.32. The summed E-state index contributed by atoms with van der Waals surface area (Å²) in [6.07, 6.45) is 5.59. The van der Waals surface area contributed by atoms with Gasteiger partial charge >= 0.3 is 0 Å². The summed E-state index contributed by atoms with van der Waals surface area (Å²) in [5.74, 6) is 1.11. The number of ether oxygens (including phenoxy) is 2. The fourth-order valence-electron chi connectivity index (χ4n) is 4.52. The number of carbonyl (C=O) groups is 2. The lowest BCUT2D eigenvalue weighted by molar-refractivity contribution is -0.123. The van der Waals surface area contributed by atoms with Gasteiger partial charge in [-0.15, -0.1) is 11.3 Å². The van der Waals surface area contributed by atoms with Gasteiger partial charge < -0.3 is 19.3 Å². The third kappa shape index (κ3) is 5.41. The molecular weight excluding hydrogens is 460 g/mol. The lowest BCUT2D eigenvalue weighted by Gasteiger charge is -2.35. The van der Waals surface area contributed by atoms with Gasteiger partial charge in [-0.25, -0.2) is 0 Å². The molecule has 0 radical (unpaired) electrons. The lowest BCUT2D eigenvalue weighted by Crippen LogP contribution is -2.47. The van der Waals surface area contributed by atoms with E-state index in [1.807, 2.05) is 83.1 Å². The van der Waals surface area contributed by atoms with E-state index in [9.17, 15) is 9.59 Å². The number of nitrogens with zero attached hydrogens (tertiary/aromatic N) is 2. The Morgan fingerprint density at radius 2 is 1.86 bits per heavy atom. The summed E-state index contributed by atoms with van der Waals surface area (Å²) in [5.41, 5.74) is 1.84. The number of hydrogen-bond acceptors (Lipinski definition) is 5. The first-order valence-corrected chi connectivity index (χ1v) is 12.8. The molecular formula is C28H28N2O4S. The average molecular weight is 489 g/mol. The van der Waals surface area contributed by atoms with Gasteiger partial charge in [0.15, 0.2) is 11.5 Å². The number of hydrogen-bond donors (Lipinski definition) is 0. The van der Waals surface area contributed by atoms with E-state index in [2.05, 4.69) is 0 Å². The second-order valence-corrected chi connectivity index (χ2v) is 9.61. The second-order valence-electron chi connectivity index (χ2n) is 8.66. The molecule has 7 heteroatoms. The number of amides is 2. The smallest absolute Gasteiger partial charge is 0.263 e. The number of likely N-dealkylation sites (tertiary alicyclic amines) is 1. The first-order valence-electron chi connectivity index (χ1n) is 11.9. The third-order valence-electron chi connectivity index (χ3n) is 6.29. The Balaban J connectivity index is 1.37. The molecule has 2 aliphatic heterocycles. The molecule has 5 rings (SSSR count). The maximum absolute atomic E-state index is 13.8. The third-order valence-corrected chi connectivity index (χ3v) is 7.15. The maximum Gasteiger partial charge on any atom is 0.263 e. The van der Waals surface area contributed by atoms with Gasteiger partial charge in [-0.1, -0.05) is 48.6 Å². The van der Waals surface area contributed by atoms with Crippen LogP contribution >= 0.6 is 11.3 Å². The second kappa shape index (κ2) is 10.8. The molecule has 3 aromatic rings. The highest BCUT2D eigenvalue weighted by Crippen LogP contribution is 2.35. The standard InChI is InChI=1S/C28H28N2O4S/c31-27(22-10-5-14-29(20-22)28(32)26-11-6-18-35-26)30(15-4-9-21-7-2-1-3-8-21)23-12-13-24-25(19-23)34-17-16-33-24/h1-4,6-9,11-13,18-19,22H,5,10,14-17,20H2/b9-4+. The Bertz CT molecular complexity index is 1190. The van der Waals surface area contributed by atoms with E-state index in [0.29, 0.717) is 49.2 Å². The van der Waals surface area contributed by atoms with Crippen LogP contribution in [0.3, 0.4) is 0 Å². The van der Waals surface area contributed by atoms with Crippen molar-refractivity contribution in [1.29, 1.82) is 0 Å². The van der Waals surface area contributed by atoms with Crippen LogP contribution in [0, 0.1) is 5.92 Å². The molecule has 180 valence electrons. The predicted octanol–water partition coefficient (Wildman–Crippen LogP) is 5.12. The van der Waals surface area contributed by atoms with Gasteiger partial charge in [0.2, 0.25) is 5.91 Å². The molecule has 3 heterocycles. The van der Waals surface area contributed by atoms with Crippen molar-refractivity contribution in [3.05, 3.63) is 82.6 Å². The highest BCUT2D eigenvalue weighted by atomic mass is 32.1. The van der Waals surface area contributed by atoms with E-state index in [4.69, 9.17) is 9.47 Å². The van der Waals surface area contributed by atoms with Crippen molar-refractivity contribution in [1.82, 2.24) is 4.90 Å². The molecule has 0 bridgehead atoms. The molecule has 6 nitrogen and oxygen atoms in total. The Morgan fingerprint density at radius 3 is 2.66 bits per heavy atom. The Morgan fingerprint density at radius 1 is 1.03 bits per heavy atom. The quantitative estimate of drug-likeness (QED) is 0.483. The molecule has 0 saturated carbocycles. The van der Waals surface area contributed by atoms with Crippen molar-refractivity contribution in [2.75, 3.05) is 37.7 Å². The van der Waals surface area contributed by atoms with Gasteiger partial charge in [-0.2, -0.15) is 0 Å². The summed E-state index contributed by atoms with van der Waals surface area (Å²) >= 11 is 1.44. The molecule has 2 aromatic carbocycles. The SMILES string of the molecule is O=C(c1cccs1)N1CCCC(C(=O)N(C/C=C/c2ccccc2)c2ccc3c(c2)OCCO3)C1. The fourth-order valence-corrected chi connectivity index (χ4v) is 5.21. The van der Waals surface area contributed by atoms with Gasteiger partial charge in [0.1, 0.15) is 13.2 Å². The summed E-state index contributed by atoms with van der Waals surface area (Å²) < 4.78 is 11.4. The van der Waals surface area contributed by atoms with Crippen LogP contribution in [0.15, 0.2) is 72.1 Å². The summed E-state index contributed by atoms with van der Waals surface area (Å²) in [4.78, 5) is 31.1. The van der Waals surface area contributed by atoms with Crippen molar-refractivity contribution < 1.29 is 19.1 Å². The largest absolute Gasteiger partial charge is 0.486 e. The van der Waals surface area contributed by atoms with Crippen LogP contribution in [0.2, 0.25) is 0 Å². The number of piperidine rings is 1. The minimum absolute atomic E-state index is 0.00681. The van der Waals surface area contributed by atoms with E-state index < -0.39 is 0 Å². The zero-order valence-corrected chi connectivity index (χ0v) is 20.3. The van der Waals surface area contributed by atoms with Crippen LogP contribution in [-0.4, -0.2) is 49.6 Å². The minimum Gasteiger partial charge on any atom is -0.486 e. The van der Waals surface area contributed by atoms with Gasteiger partial charge in [0, 0.05) is 31.4 Å². The molecule has 1 unspecified atom stereocenters. The molecule has 1 saturated heterocycles. The van der Waals surface area contributed by atoms with Crippen LogP contribution in [0.5, 0.6) is 11.5 Å². The number of thiophene rings is 1. The highest BCUT2D eigenvalue weighted by molar-refractivity contribution is 7.12. The van der Waals surface area contributed by atoms with Crippen LogP contribution in [0.4, 0.5) is 5.69 Å². The summed E-state index contributed by atoms with van der Waals surface area (Å²) in [6, 6.07) is 19.4. The van der Waals surface area contributed by atoms with E-state index in [1.165, 1.54) is 11.3 Å². The molecule has 1 aromatic heterocycles. The molecule has 0 spiro atoms. The molecule has 1 fully saturated rings. The van der Waals surface area contributed by atoms with E-state index in [-0.39, 0.29) is 17.7 Å². The first kappa shape index (κ1) is 23.2. The number of anilines is 1. The van der Waals surface area contributed by atoms with Crippen molar-refractivity contribution in [2.24, 2.45) is 5.92 Å². The maximum atomic E-state index is 13.8. The summed E-state index contributed by atoms with van der Waals surface area (Å²) in [7, 11) is 0. The van der Waals surface area contributed by atoms with Crippen molar-refractivity contribution >= 4 is 34.9 Å². The first-order chi connectivity index (χ1) is 17.2. The monoisotopic (exact) mass is 488 g/mol. The molecule has 0 aliphatic carbocycles. The van der Waals surface area contributed by atoms with Gasteiger partial charge in [0.05, 0.1) is 10.8 Å². The Labute approximate surface area is 209 Å². The minimum atomic E-state index is -0.258. The van der Waals surface area contributed by atoms with Crippen LogP contribution in [0.1, 0.15) is 28.1 Å². The van der Waals surface area contributed by atoms with Gasteiger partial charge in [-0.05, 0) is 42.0 Å². The zero-order chi connectivity index (χ0) is 24.0. The summed E-state index contributed by atoms with van der Waals surface area (Å²) in [5, 5.41) is 1.91. The van der Waals surface area contributed by atoms with Crippen molar-refractivity contribution in [2.45, 2.75) is 12.8 Å². The average Bonchev–Trinajstić information content (AvgIpc) is 3.46. The normalized spacial score (nSPS) is 17.4. The Hall–Kier alpha value is -3.58. The predicted molar refractivity (Wildman–Crippen MR) is 138 cm³/mol.